The average Bonchev–Trinajstić information content (AvgIpc) is 2.98. The van der Waals surface area contributed by atoms with E-state index in [1.165, 1.54) is 24.1 Å². The molecule has 1 fully saturated rings. The largest absolute Gasteiger partial charge is 0.388 e. The number of aliphatic hydroxyl groups excluding tert-OH is 1. The minimum absolute atomic E-state index is 0.207. The SMILES string of the molecule is CC(C1CC1)n1ccc2c1CCCC2O. The van der Waals surface area contributed by atoms with Crippen molar-refractivity contribution in [2.24, 2.45) is 5.92 Å². The quantitative estimate of drug-likeness (QED) is 0.789. The lowest BCUT2D eigenvalue weighted by Gasteiger charge is -2.23. The molecule has 2 aliphatic rings. The monoisotopic (exact) mass is 205 g/mol. The van der Waals surface area contributed by atoms with Gasteiger partial charge in [-0.1, -0.05) is 0 Å². The summed E-state index contributed by atoms with van der Waals surface area (Å²) in [6.07, 6.45) is 7.97. The normalized spacial score (nSPS) is 27.5. The molecule has 0 radical (unpaired) electrons. The van der Waals surface area contributed by atoms with Gasteiger partial charge in [-0.2, -0.15) is 0 Å². The molecule has 1 heterocycles. The zero-order valence-electron chi connectivity index (χ0n) is 9.32. The van der Waals surface area contributed by atoms with Crippen molar-refractivity contribution >= 4 is 0 Å². The van der Waals surface area contributed by atoms with Gasteiger partial charge in [0.15, 0.2) is 0 Å². The van der Waals surface area contributed by atoms with Crippen LogP contribution in [-0.4, -0.2) is 9.67 Å². The van der Waals surface area contributed by atoms with Gasteiger partial charge in [0.2, 0.25) is 0 Å². The third kappa shape index (κ3) is 1.51. The van der Waals surface area contributed by atoms with Gasteiger partial charge in [0.25, 0.3) is 0 Å². The Morgan fingerprint density at radius 2 is 2.20 bits per heavy atom. The Bertz CT molecular complexity index is 365. The molecule has 2 nitrogen and oxygen atoms in total. The molecule has 0 saturated heterocycles. The van der Waals surface area contributed by atoms with E-state index in [4.69, 9.17) is 0 Å². The molecule has 82 valence electrons. The van der Waals surface area contributed by atoms with Crippen LogP contribution in [-0.2, 0) is 6.42 Å². The second-order valence-electron chi connectivity index (χ2n) is 5.11. The zero-order chi connectivity index (χ0) is 10.4. The second kappa shape index (κ2) is 3.38. The van der Waals surface area contributed by atoms with Gasteiger partial charge in [0, 0.05) is 23.5 Å². The van der Waals surface area contributed by atoms with Gasteiger partial charge in [0.1, 0.15) is 0 Å². The summed E-state index contributed by atoms with van der Waals surface area (Å²) in [5.74, 6) is 0.889. The minimum Gasteiger partial charge on any atom is -0.388 e. The van der Waals surface area contributed by atoms with Gasteiger partial charge in [-0.15, -0.1) is 0 Å². The summed E-state index contributed by atoms with van der Waals surface area (Å²) < 4.78 is 2.41. The molecule has 0 aromatic carbocycles. The molecular weight excluding hydrogens is 186 g/mol. The van der Waals surface area contributed by atoms with Crippen molar-refractivity contribution in [3.63, 3.8) is 0 Å². The van der Waals surface area contributed by atoms with Gasteiger partial charge in [0.05, 0.1) is 6.10 Å². The topological polar surface area (TPSA) is 25.2 Å². The molecule has 2 unspecified atom stereocenters. The van der Waals surface area contributed by atoms with Crippen molar-refractivity contribution in [1.29, 1.82) is 0 Å². The fourth-order valence-electron chi connectivity index (χ4n) is 2.88. The zero-order valence-corrected chi connectivity index (χ0v) is 9.32. The van der Waals surface area contributed by atoms with Crippen molar-refractivity contribution in [2.75, 3.05) is 0 Å². The lowest BCUT2D eigenvalue weighted by atomic mass is 9.95. The summed E-state index contributed by atoms with van der Waals surface area (Å²) in [6, 6.07) is 2.76. The van der Waals surface area contributed by atoms with Crippen LogP contribution in [0.1, 0.15) is 56.0 Å². The number of hydrogen-bond donors (Lipinski definition) is 1. The maximum atomic E-state index is 9.90. The predicted octanol–water partition coefficient (Wildman–Crippen LogP) is 2.83. The minimum atomic E-state index is -0.207. The average molecular weight is 205 g/mol. The first-order valence-electron chi connectivity index (χ1n) is 6.15. The second-order valence-corrected chi connectivity index (χ2v) is 5.11. The Balaban J connectivity index is 1.95. The molecule has 1 saturated carbocycles. The van der Waals surface area contributed by atoms with Crippen LogP contribution in [0, 0.1) is 5.92 Å². The number of hydrogen-bond acceptors (Lipinski definition) is 1. The van der Waals surface area contributed by atoms with Crippen LogP contribution in [0.15, 0.2) is 12.3 Å². The summed E-state index contributed by atoms with van der Waals surface area (Å²) in [7, 11) is 0. The summed E-state index contributed by atoms with van der Waals surface area (Å²) in [4.78, 5) is 0. The van der Waals surface area contributed by atoms with Crippen molar-refractivity contribution in [3.8, 4) is 0 Å². The Hall–Kier alpha value is -0.760. The van der Waals surface area contributed by atoms with Crippen LogP contribution in [0.2, 0.25) is 0 Å². The molecule has 3 rings (SSSR count). The third-order valence-corrected chi connectivity index (χ3v) is 4.05. The van der Waals surface area contributed by atoms with Crippen LogP contribution in [0.25, 0.3) is 0 Å². The summed E-state index contributed by atoms with van der Waals surface area (Å²) in [6.45, 7) is 2.32. The highest BCUT2D eigenvalue weighted by Gasteiger charge is 2.31. The van der Waals surface area contributed by atoms with Gasteiger partial charge in [-0.25, -0.2) is 0 Å². The number of rotatable bonds is 2. The first-order valence-corrected chi connectivity index (χ1v) is 6.15. The van der Waals surface area contributed by atoms with E-state index in [0.29, 0.717) is 6.04 Å². The Morgan fingerprint density at radius 1 is 1.40 bits per heavy atom. The molecule has 1 N–H and O–H groups in total. The lowest BCUT2D eigenvalue weighted by Crippen LogP contribution is -2.15. The lowest BCUT2D eigenvalue weighted by molar-refractivity contribution is 0.155. The Kier molecular flexibility index (Phi) is 2.13. The molecule has 0 bridgehead atoms. The maximum absolute atomic E-state index is 9.90. The molecule has 0 aliphatic heterocycles. The Labute approximate surface area is 90.9 Å². The highest BCUT2D eigenvalue weighted by molar-refractivity contribution is 5.28. The van der Waals surface area contributed by atoms with Gasteiger partial charge < -0.3 is 9.67 Å². The van der Waals surface area contributed by atoms with Crippen LogP contribution in [0.4, 0.5) is 0 Å². The number of aliphatic hydroxyl groups is 1. The van der Waals surface area contributed by atoms with Crippen LogP contribution in [0.5, 0.6) is 0 Å². The fourth-order valence-corrected chi connectivity index (χ4v) is 2.88. The molecule has 2 heteroatoms. The molecule has 0 amide bonds. The standard InChI is InChI=1S/C13H19NO/c1-9(10-5-6-10)14-8-7-11-12(14)3-2-4-13(11)15/h7-10,13,15H,2-6H2,1H3. The summed E-state index contributed by atoms with van der Waals surface area (Å²) in [5, 5.41) is 9.90. The molecule has 2 aliphatic carbocycles. The van der Waals surface area contributed by atoms with E-state index in [0.717, 1.165) is 25.2 Å². The van der Waals surface area contributed by atoms with Crippen LogP contribution in [0.3, 0.4) is 0 Å². The molecule has 1 aromatic rings. The number of nitrogens with zero attached hydrogens (tertiary/aromatic N) is 1. The smallest absolute Gasteiger partial charge is 0.0807 e. The highest BCUT2D eigenvalue weighted by atomic mass is 16.3. The van der Waals surface area contributed by atoms with E-state index < -0.39 is 0 Å². The first kappa shape index (κ1) is 9.46. The van der Waals surface area contributed by atoms with E-state index in [2.05, 4.69) is 23.8 Å². The predicted molar refractivity (Wildman–Crippen MR) is 59.8 cm³/mol. The molecular formula is C13H19NO. The highest BCUT2D eigenvalue weighted by Crippen LogP contribution is 2.42. The molecule has 1 aromatic heterocycles. The van der Waals surface area contributed by atoms with Gasteiger partial charge >= 0.3 is 0 Å². The summed E-state index contributed by atoms with van der Waals surface area (Å²) >= 11 is 0. The van der Waals surface area contributed by atoms with Crippen molar-refractivity contribution < 1.29 is 5.11 Å². The van der Waals surface area contributed by atoms with E-state index in [1.807, 2.05) is 0 Å². The van der Waals surface area contributed by atoms with Gasteiger partial charge in [-0.05, 0) is 51.0 Å². The number of aromatic nitrogens is 1. The van der Waals surface area contributed by atoms with Crippen molar-refractivity contribution in [3.05, 3.63) is 23.5 Å². The molecule has 0 spiro atoms. The third-order valence-electron chi connectivity index (χ3n) is 4.05. The van der Waals surface area contributed by atoms with Crippen molar-refractivity contribution in [1.82, 2.24) is 4.57 Å². The molecule has 15 heavy (non-hydrogen) atoms. The number of fused-ring (bicyclic) bond motifs is 1. The first-order chi connectivity index (χ1) is 7.27. The van der Waals surface area contributed by atoms with E-state index in [9.17, 15) is 5.11 Å². The molecule has 2 atom stereocenters. The maximum Gasteiger partial charge on any atom is 0.0807 e. The van der Waals surface area contributed by atoms with Gasteiger partial charge in [-0.3, -0.25) is 0 Å². The fraction of sp³-hybridized carbons (Fsp3) is 0.692. The van der Waals surface area contributed by atoms with E-state index in [1.54, 1.807) is 0 Å². The van der Waals surface area contributed by atoms with E-state index in [-0.39, 0.29) is 6.10 Å². The van der Waals surface area contributed by atoms with Crippen LogP contribution < -0.4 is 0 Å². The van der Waals surface area contributed by atoms with Crippen LogP contribution >= 0.6 is 0 Å². The summed E-state index contributed by atoms with van der Waals surface area (Å²) in [5.41, 5.74) is 2.59. The van der Waals surface area contributed by atoms with E-state index >= 15 is 0 Å². The Morgan fingerprint density at radius 3 is 2.93 bits per heavy atom. The van der Waals surface area contributed by atoms with Crippen molar-refractivity contribution in [2.45, 2.75) is 51.2 Å².